The minimum Gasteiger partial charge on any atom is -0.325 e. The van der Waals surface area contributed by atoms with Gasteiger partial charge in [-0.25, -0.2) is 5.10 Å². The van der Waals surface area contributed by atoms with Crippen molar-refractivity contribution in [3.05, 3.63) is 39.8 Å². The molecule has 0 fully saturated rings. The van der Waals surface area contributed by atoms with Crippen LogP contribution < -0.4 is 5.43 Å². The largest absolute Gasteiger partial charge is 0.325 e. The summed E-state index contributed by atoms with van der Waals surface area (Å²) >= 11 is 0. The fourth-order valence-electron chi connectivity index (χ4n) is 2.36. The Bertz CT molecular complexity index is 447. The zero-order valence-electron chi connectivity index (χ0n) is 11.3. The summed E-state index contributed by atoms with van der Waals surface area (Å²) in [6, 6.07) is 0. The Balaban J connectivity index is 0.00000144. The van der Waals surface area contributed by atoms with Crippen molar-refractivity contribution in [2.24, 2.45) is 5.10 Å². The van der Waals surface area contributed by atoms with Crippen molar-refractivity contribution >= 4 is 5.71 Å². The van der Waals surface area contributed by atoms with Crippen LogP contribution >= 0.6 is 0 Å². The summed E-state index contributed by atoms with van der Waals surface area (Å²) in [5.74, 6) is 0. The molecule has 2 nitrogen and oxygen atoms in total. The molecule has 17 heavy (non-hydrogen) atoms. The molecule has 0 atom stereocenters. The van der Waals surface area contributed by atoms with Gasteiger partial charge in [0.2, 0.25) is 0 Å². The first-order valence-corrected chi connectivity index (χ1v) is 5.75. The normalized spacial score (nSPS) is 13.6. The fraction of sp³-hybridized carbons (Fsp3) is 0.429. The van der Waals surface area contributed by atoms with Gasteiger partial charge >= 0.3 is 0 Å². The maximum atomic E-state index is 4.35. The van der Waals surface area contributed by atoms with Gasteiger partial charge in [0, 0.05) is 32.7 Å². The Hall–Kier alpha value is -0.336. The van der Waals surface area contributed by atoms with Crippen molar-refractivity contribution in [3.63, 3.8) is 0 Å². The van der Waals surface area contributed by atoms with Gasteiger partial charge in [-0.3, -0.25) is 0 Å². The molecule has 0 aromatic heterocycles. The van der Waals surface area contributed by atoms with E-state index in [1.54, 1.807) is 0 Å². The summed E-state index contributed by atoms with van der Waals surface area (Å²) < 4.78 is 0. The Labute approximate surface area is 129 Å². The molecule has 1 N–H and O–H groups in total. The second-order valence-electron chi connectivity index (χ2n) is 4.56. The van der Waals surface area contributed by atoms with Crippen molar-refractivity contribution in [3.8, 4) is 0 Å². The number of hydrogen-bond acceptors (Lipinski definition) is 2. The van der Waals surface area contributed by atoms with Crippen LogP contribution in [0, 0.1) is 41.0 Å². The SMILES string of the molecule is Cc1c(C)c(C)c(C2=NNC[CH-]2)c(C)c1C.[Y]. The maximum absolute atomic E-state index is 4.35. The molecule has 1 aliphatic rings. The number of rotatable bonds is 1. The monoisotopic (exact) mass is 304 g/mol. The molecular formula is C14H19N2Y-. The standard InChI is InChI=1S/C14H19N2.Y/c1-8-9(2)11(4)14(12(5)10(8)3)13-6-7-15-16-13;/h6,15H,7H2,1-5H3;/q-1;. The van der Waals surface area contributed by atoms with Crippen molar-refractivity contribution in [1.82, 2.24) is 5.43 Å². The van der Waals surface area contributed by atoms with Crippen LogP contribution in [0.4, 0.5) is 0 Å². The van der Waals surface area contributed by atoms with Gasteiger partial charge in [-0.1, -0.05) is 30.7 Å². The van der Waals surface area contributed by atoms with Gasteiger partial charge in [0.1, 0.15) is 0 Å². The van der Waals surface area contributed by atoms with E-state index in [0.29, 0.717) is 0 Å². The van der Waals surface area contributed by atoms with E-state index in [2.05, 4.69) is 51.6 Å². The van der Waals surface area contributed by atoms with E-state index in [1.807, 2.05) is 0 Å². The van der Waals surface area contributed by atoms with Crippen molar-refractivity contribution < 1.29 is 32.7 Å². The number of benzene rings is 1. The van der Waals surface area contributed by atoms with E-state index in [0.717, 1.165) is 12.3 Å². The molecule has 0 spiro atoms. The molecule has 1 aromatic carbocycles. The van der Waals surface area contributed by atoms with Gasteiger partial charge in [0.05, 0.1) is 0 Å². The van der Waals surface area contributed by atoms with Crippen LogP contribution in [0.1, 0.15) is 33.4 Å². The number of hydrazone groups is 1. The molecule has 0 saturated heterocycles. The number of hydrogen-bond donors (Lipinski definition) is 1. The van der Waals surface area contributed by atoms with Gasteiger partial charge < -0.3 is 5.43 Å². The summed E-state index contributed by atoms with van der Waals surface area (Å²) in [5, 5.41) is 4.35. The first-order chi connectivity index (χ1) is 7.54. The summed E-state index contributed by atoms with van der Waals surface area (Å²) in [5.41, 5.74) is 12.3. The van der Waals surface area contributed by atoms with Crippen LogP contribution in [0.5, 0.6) is 0 Å². The molecule has 0 amide bonds. The smallest absolute Gasteiger partial charge is 0 e. The summed E-state index contributed by atoms with van der Waals surface area (Å²) in [6.45, 7) is 11.8. The molecule has 1 aromatic rings. The third-order valence-electron chi connectivity index (χ3n) is 3.84. The van der Waals surface area contributed by atoms with Gasteiger partial charge in [0.15, 0.2) is 0 Å². The topological polar surface area (TPSA) is 24.4 Å². The zero-order chi connectivity index (χ0) is 11.9. The summed E-state index contributed by atoms with van der Waals surface area (Å²) in [4.78, 5) is 0. The van der Waals surface area contributed by atoms with Crippen molar-refractivity contribution in [2.75, 3.05) is 6.54 Å². The maximum Gasteiger partial charge on any atom is 0 e. The molecule has 0 bridgehead atoms. The molecule has 2 rings (SSSR count). The number of nitrogens with one attached hydrogen (secondary N) is 1. The van der Waals surface area contributed by atoms with Crippen LogP contribution in [0.3, 0.4) is 0 Å². The molecule has 3 heteroatoms. The zero-order valence-corrected chi connectivity index (χ0v) is 14.1. The molecule has 1 radical (unpaired) electrons. The number of nitrogens with zero attached hydrogens (tertiary/aromatic N) is 1. The van der Waals surface area contributed by atoms with E-state index in [1.165, 1.54) is 33.4 Å². The first kappa shape index (κ1) is 14.7. The van der Waals surface area contributed by atoms with Crippen LogP contribution in [0.25, 0.3) is 0 Å². The molecular weight excluding hydrogens is 285 g/mol. The predicted octanol–water partition coefficient (Wildman–Crippen LogP) is 2.74. The third kappa shape index (κ3) is 2.43. The van der Waals surface area contributed by atoms with Gasteiger partial charge in [0.25, 0.3) is 0 Å². The van der Waals surface area contributed by atoms with Crippen molar-refractivity contribution in [2.45, 2.75) is 34.6 Å². The van der Waals surface area contributed by atoms with E-state index < -0.39 is 0 Å². The molecule has 0 unspecified atom stereocenters. The van der Waals surface area contributed by atoms with Crippen molar-refractivity contribution in [1.29, 1.82) is 0 Å². The van der Waals surface area contributed by atoms with Crippen LogP contribution in [0.2, 0.25) is 0 Å². The quantitative estimate of drug-likeness (QED) is 0.793. The van der Waals surface area contributed by atoms with Gasteiger partial charge in [-0.2, -0.15) is 6.42 Å². The Kier molecular flexibility index (Phi) is 4.80. The molecule has 89 valence electrons. The molecule has 0 aliphatic carbocycles. The minimum atomic E-state index is 0. The van der Waals surface area contributed by atoms with Crippen LogP contribution in [0.15, 0.2) is 5.10 Å². The summed E-state index contributed by atoms with van der Waals surface area (Å²) in [6.07, 6.45) is 2.16. The minimum absolute atomic E-state index is 0. The third-order valence-corrected chi connectivity index (χ3v) is 3.84. The first-order valence-electron chi connectivity index (χ1n) is 5.75. The van der Waals surface area contributed by atoms with E-state index in [-0.39, 0.29) is 32.7 Å². The van der Waals surface area contributed by atoms with Crippen LogP contribution in [-0.4, -0.2) is 12.3 Å². The second-order valence-corrected chi connectivity index (χ2v) is 4.56. The summed E-state index contributed by atoms with van der Waals surface area (Å²) in [7, 11) is 0. The Morgan fingerprint density at radius 1 is 0.882 bits per heavy atom. The fourth-order valence-corrected chi connectivity index (χ4v) is 2.36. The Morgan fingerprint density at radius 2 is 1.35 bits per heavy atom. The van der Waals surface area contributed by atoms with Gasteiger partial charge in [-0.15, -0.1) is 16.7 Å². The average molecular weight is 304 g/mol. The Morgan fingerprint density at radius 3 is 1.76 bits per heavy atom. The second kappa shape index (κ2) is 5.54. The molecule has 1 heterocycles. The van der Waals surface area contributed by atoms with E-state index in [9.17, 15) is 0 Å². The average Bonchev–Trinajstić information content (AvgIpc) is 2.77. The van der Waals surface area contributed by atoms with Crippen LogP contribution in [-0.2, 0) is 32.7 Å². The van der Waals surface area contributed by atoms with Gasteiger partial charge in [-0.05, 0) is 32.9 Å². The van der Waals surface area contributed by atoms with E-state index >= 15 is 0 Å². The van der Waals surface area contributed by atoms with E-state index in [4.69, 9.17) is 0 Å². The molecule has 1 aliphatic heterocycles. The molecule has 0 saturated carbocycles. The predicted molar refractivity (Wildman–Crippen MR) is 69.0 cm³/mol.